The van der Waals surface area contributed by atoms with E-state index in [1.165, 1.54) is 37.3 Å². The third kappa shape index (κ3) is 4.86. The van der Waals surface area contributed by atoms with Gasteiger partial charge in [-0.1, -0.05) is 30.3 Å². The van der Waals surface area contributed by atoms with Gasteiger partial charge < -0.3 is 14.7 Å². The van der Waals surface area contributed by atoms with Gasteiger partial charge in [-0.05, 0) is 49.5 Å². The Morgan fingerprint density at radius 3 is 2.55 bits per heavy atom. The fraction of sp³-hybridized carbons (Fsp3) is 0.455. The van der Waals surface area contributed by atoms with Crippen LogP contribution in [-0.4, -0.2) is 48.2 Å². The summed E-state index contributed by atoms with van der Waals surface area (Å²) in [5, 5.41) is 12.4. The zero-order chi connectivity index (χ0) is 20.2. The number of nitrogens with zero attached hydrogens (tertiary/aromatic N) is 1. The van der Waals surface area contributed by atoms with Gasteiger partial charge in [-0.25, -0.2) is 9.59 Å². The molecule has 1 aromatic heterocycles. The molecule has 0 radical (unpaired) electrons. The summed E-state index contributed by atoms with van der Waals surface area (Å²) in [6, 6.07) is 12.3. The Labute approximate surface area is 174 Å². The zero-order valence-electron chi connectivity index (χ0n) is 16.3. The second kappa shape index (κ2) is 9.07. The number of carboxylic acids is 1. The lowest BCUT2D eigenvalue weighted by atomic mass is 9.79. The number of carboxylic acid groups (broad SMARTS) is 1. The topological polar surface area (TPSA) is 78.9 Å². The van der Waals surface area contributed by atoms with Crippen molar-refractivity contribution in [2.75, 3.05) is 26.2 Å². The van der Waals surface area contributed by atoms with Crippen LogP contribution < -0.4 is 5.32 Å². The highest BCUT2D eigenvalue weighted by atomic mass is 32.1. The quantitative estimate of drug-likeness (QED) is 0.646. The first-order valence-electron chi connectivity index (χ1n) is 10.1. The molecule has 2 bridgehead atoms. The highest BCUT2D eigenvalue weighted by molar-refractivity contribution is 7.13. The van der Waals surface area contributed by atoms with Gasteiger partial charge in [-0.2, -0.15) is 0 Å². The third-order valence-corrected chi connectivity index (χ3v) is 7.03. The molecule has 0 saturated carbocycles. The van der Waals surface area contributed by atoms with Crippen LogP contribution in [0.1, 0.15) is 39.0 Å². The molecule has 1 unspecified atom stereocenters. The second-order valence-electron chi connectivity index (χ2n) is 7.82. The van der Waals surface area contributed by atoms with E-state index in [9.17, 15) is 9.59 Å². The highest BCUT2D eigenvalue weighted by Gasteiger charge is 2.35. The summed E-state index contributed by atoms with van der Waals surface area (Å²) in [6.45, 7) is 4.24. The second-order valence-corrected chi connectivity index (χ2v) is 8.99. The molecule has 154 valence electrons. The van der Waals surface area contributed by atoms with Gasteiger partial charge in [0.05, 0.1) is 6.61 Å². The molecule has 3 saturated heterocycles. The third-order valence-electron chi connectivity index (χ3n) is 5.95. The predicted molar refractivity (Wildman–Crippen MR) is 111 cm³/mol. The monoisotopic (exact) mass is 414 g/mol. The Morgan fingerprint density at radius 1 is 1.17 bits per heavy atom. The summed E-state index contributed by atoms with van der Waals surface area (Å²) in [6.07, 6.45) is 2.40. The fourth-order valence-corrected chi connectivity index (χ4v) is 5.12. The maximum Gasteiger partial charge on any atom is 0.345 e. The molecule has 29 heavy (non-hydrogen) atoms. The summed E-state index contributed by atoms with van der Waals surface area (Å²) in [5.41, 5.74) is 0.849. The fourth-order valence-electron chi connectivity index (χ4n) is 4.32. The molecule has 0 spiro atoms. The van der Waals surface area contributed by atoms with Crippen LogP contribution in [0.2, 0.25) is 0 Å². The van der Waals surface area contributed by atoms with Crippen LogP contribution in [0, 0.1) is 11.8 Å². The number of carbonyl (C=O) groups excluding carboxylic acids is 1. The van der Waals surface area contributed by atoms with Gasteiger partial charge in [-0.15, -0.1) is 11.3 Å². The van der Waals surface area contributed by atoms with Gasteiger partial charge >= 0.3 is 11.9 Å². The van der Waals surface area contributed by atoms with E-state index in [4.69, 9.17) is 9.84 Å². The molecule has 2 aromatic rings. The van der Waals surface area contributed by atoms with Crippen LogP contribution in [0.25, 0.3) is 0 Å². The van der Waals surface area contributed by atoms with E-state index in [-0.39, 0.29) is 5.97 Å². The van der Waals surface area contributed by atoms with Crippen molar-refractivity contribution < 1.29 is 19.4 Å². The molecule has 1 aromatic carbocycles. The number of esters is 1. The molecular formula is C22H26N2O4S. The molecule has 6 nitrogen and oxygen atoms in total. The Morgan fingerprint density at radius 2 is 1.93 bits per heavy atom. The van der Waals surface area contributed by atoms with Crippen LogP contribution in [0.5, 0.6) is 0 Å². The minimum atomic E-state index is -0.933. The summed E-state index contributed by atoms with van der Waals surface area (Å²) >= 11 is 1.21. The molecule has 0 amide bonds. The molecule has 0 aliphatic carbocycles. The lowest BCUT2D eigenvalue weighted by molar-refractivity contribution is -0.150. The molecule has 3 aliphatic heterocycles. The van der Waals surface area contributed by atoms with Gasteiger partial charge in [-0.3, -0.25) is 5.32 Å². The maximum atomic E-state index is 12.9. The molecule has 5 rings (SSSR count). The normalized spacial score (nSPS) is 24.2. The standard InChI is InChI=1S/C22H26N2O4S/c25-21(26)19-7-6-18(29-19)12-23-20(16-4-2-1-3-5-16)22(27)28-14-17-13-24-10-8-15(17)9-11-24/h1-7,15,17,20,23H,8-14H2,(H,25,26)/t17-,20?/m1/s1. The van der Waals surface area contributed by atoms with Crippen LogP contribution in [0.15, 0.2) is 42.5 Å². The molecule has 2 N–H and O–H groups in total. The van der Waals surface area contributed by atoms with Gasteiger partial charge in [0.2, 0.25) is 0 Å². The van der Waals surface area contributed by atoms with E-state index in [2.05, 4.69) is 10.2 Å². The van der Waals surface area contributed by atoms with Crippen molar-refractivity contribution in [2.24, 2.45) is 11.8 Å². The minimum absolute atomic E-state index is 0.275. The van der Waals surface area contributed by atoms with E-state index >= 15 is 0 Å². The number of hydrogen-bond donors (Lipinski definition) is 2. The Kier molecular flexibility index (Phi) is 6.28. The summed E-state index contributed by atoms with van der Waals surface area (Å²) in [4.78, 5) is 27.6. The summed E-state index contributed by atoms with van der Waals surface area (Å²) in [7, 11) is 0. The smallest absolute Gasteiger partial charge is 0.345 e. The van der Waals surface area contributed by atoms with E-state index < -0.39 is 12.0 Å². The van der Waals surface area contributed by atoms with E-state index in [0.29, 0.717) is 29.9 Å². The van der Waals surface area contributed by atoms with Crippen molar-refractivity contribution in [1.29, 1.82) is 0 Å². The maximum absolute atomic E-state index is 12.9. The average Bonchev–Trinajstić information content (AvgIpc) is 3.23. The summed E-state index contributed by atoms with van der Waals surface area (Å²) in [5.74, 6) is -0.120. The van der Waals surface area contributed by atoms with Crippen molar-refractivity contribution >= 4 is 23.3 Å². The van der Waals surface area contributed by atoms with Gasteiger partial charge in [0.25, 0.3) is 0 Å². The number of piperidine rings is 3. The molecule has 4 heterocycles. The molecule has 2 atom stereocenters. The zero-order valence-corrected chi connectivity index (χ0v) is 17.1. The number of ether oxygens (including phenoxy) is 1. The highest BCUT2D eigenvalue weighted by Crippen LogP contribution is 2.32. The van der Waals surface area contributed by atoms with Crippen LogP contribution in [0.4, 0.5) is 0 Å². The summed E-state index contributed by atoms with van der Waals surface area (Å²) < 4.78 is 5.76. The minimum Gasteiger partial charge on any atom is -0.477 e. The van der Waals surface area contributed by atoms with Gasteiger partial charge in [0.1, 0.15) is 10.9 Å². The number of nitrogens with one attached hydrogen (secondary N) is 1. The number of thiophene rings is 1. The van der Waals surface area contributed by atoms with E-state index in [1.54, 1.807) is 12.1 Å². The first kappa shape index (κ1) is 20.1. The number of fused-ring (bicyclic) bond motifs is 3. The van der Waals surface area contributed by atoms with E-state index in [1.807, 2.05) is 30.3 Å². The molecular weight excluding hydrogens is 388 g/mol. The number of rotatable bonds is 8. The van der Waals surface area contributed by atoms with Crippen molar-refractivity contribution in [3.05, 3.63) is 57.8 Å². The van der Waals surface area contributed by atoms with Crippen molar-refractivity contribution in [1.82, 2.24) is 10.2 Å². The Hall–Kier alpha value is -2.22. The first-order chi connectivity index (χ1) is 14.1. The Bertz CT molecular complexity index is 846. The average molecular weight is 415 g/mol. The molecule has 3 fully saturated rings. The number of carbonyl (C=O) groups is 2. The van der Waals surface area contributed by atoms with Gasteiger partial charge in [0, 0.05) is 23.9 Å². The van der Waals surface area contributed by atoms with Crippen LogP contribution in [-0.2, 0) is 16.1 Å². The first-order valence-corrected chi connectivity index (χ1v) is 10.9. The molecule has 7 heteroatoms. The SMILES string of the molecule is O=C(O)c1ccc(CNC(C(=O)OC[C@H]2CN3CCC2CC3)c2ccccc2)s1. The van der Waals surface area contributed by atoms with Crippen LogP contribution in [0.3, 0.4) is 0 Å². The van der Waals surface area contributed by atoms with Crippen molar-refractivity contribution in [3.63, 3.8) is 0 Å². The van der Waals surface area contributed by atoms with Gasteiger partial charge in [0.15, 0.2) is 0 Å². The lowest BCUT2D eigenvalue weighted by Crippen LogP contribution is -2.49. The van der Waals surface area contributed by atoms with E-state index in [0.717, 1.165) is 17.0 Å². The molecule has 3 aliphatic rings. The lowest BCUT2D eigenvalue weighted by Gasteiger charge is -2.44. The van der Waals surface area contributed by atoms with Crippen LogP contribution >= 0.6 is 11.3 Å². The Balaban J connectivity index is 1.39. The number of aromatic carboxylic acids is 1. The number of benzene rings is 1. The largest absolute Gasteiger partial charge is 0.477 e. The number of hydrogen-bond acceptors (Lipinski definition) is 6. The van der Waals surface area contributed by atoms with Crippen molar-refractivity contribution in [2.45, 2.75) is 25.4 Å². The van der Waals surface area contributed by atoms with Crippen molar-refractivity contribution in [3.8, 4) is 0 Å². The predicted octanol–water partition coefficient (Wildman–Crippen LogP) is 3.16.